The quantitative estimate of drug-likeness (QED) is 0.654. The summed E-state index contributed by atoms with van der Waals surface area (Å²) in [6.45, 7) is 4.45. The van der Waals surface area contributed by atoms with Crippen molar-refractivity contribution in [3.05, 3.63) is 57.2 Å². The summed E-state index contributed by atoms with van der Waals surface area (Å²) < 4.78 is 15.4. The second-order valence-electron chi connectivity index (χ2n) is 6.12. The molecular weight excluding hydrogens is 353 g/mol. The molecule has 0 unspecified atom stereocenters. The molecule has 0 radical (unpaired) electrons. The minimum atomic E-state index is -0.504. The van der Waals surface area contributed by atoms with Gasteiger partial charge in [0.15, 0.2) is 0 Å². The van der Waals surface area contributed by atoms with Gasteiger partial charge in [-0.25, -0.2) is 9.37 Å². The number of unbranched alkanes of at least 4 members (excludes halogenated alkanes) is 2. The van der Waals surface area contributed by atoms with E-state index in [0.29, 0.717) is 27.2 Å². The molecule has 0 bridgehead atoms. The van der Waals surface area contributed by atoms with Gasteiger partial charge in [-0.2, -0.15) is 0 Å². The summed E-state index contributed by atoms with van der Waals surface area (Å²) in [5, 5.41) is 3.03. The van der Waals surface area contributed by atoms with Gasteiger partial charge in [-0.05, 0) is 31.0 Å². The predicted molar refractivity (Wildman–Crippen MR) is 102 cm³/mol. The molecule has 136 valence electrons. The van der Waals surface area contributed by atoms with Gasteiger partial charge in [-0.15, -0.1) is 11.3 Å². The van der Waals surface area contributed by atoms with Crippen molar-refractivity contribution in [1.29, 1.82) is 0 Å². The lowest BCUT2D eigenvalue weighted by atomic mass is 10.2. The van der Waals surface area contributed by atoms with Gasteiger partial charge in [0.2, 0.25) is 0 Å². The second kappa shape index (κ2) is 7.78. The fourth-order valence-electron chi connectivity index (χ4n) is 2.81. The van der Waals surface area contributed by atoms with Crippen LogP contribution in [-0.4, -0.2) is 15.5 Å². The highest BCUT2D eigenvalue weighted by atomic mass is 32.1. The summed E-state index contributed by atoms with van der Waals surface area (Å²) in [6, 6.07) is 5.98. The van der Waals surface area contributed by atoms with E-state index in [1.165, 1.54) is 18.5 Å². The molecule has 3 aromatic rings. The van der Waals surface area contributed by atoms with Crippen LogP contribution < -0.4 is 10.9 Å². The zero-order valence-corrected chi connectivity index (χ0v) is 15.5. The number of nitrogens with one attached hydrogen (secondary N) is 1. The highest BCUT2D eigenvalue weighted by Gasteiger charge is 2.20. The second-order valence-corrected chi connectivity index (χ2v) is 7.12. The lowest BCUT2D eigenvalue weighted by Gasteiger charge is -2.05. The zero-order valence-electron chi connectivity index (χ0n) is 14.7. The first-order chi connectivity index (χ1) is 12.5. The Hall–Kier alpha value is -2.54. The van der Waals surface area contributed by atoms with Crippen molar-refractivity contribution in [2.75, 3.05) is 5.32 Å². The van der Waals surface area contributed by atoms with Crippen molar-refractivity contribution in [3.63, 3.8) is 0 Å². The van der Waals surface area contributed by atoms with Crippen LogP contribution in [0.2, 0.25) is 0 Å². The van der Waals surface area contributed by atoms with Gasteiger partial charge in [-0.1, -0.05) is 31.9 Å². The Balaban J connectivity index is 1.94. The Morgan fingerprint density at radius 1 is 1.31 bits per heavy atom. The van der Waals surface area contributed by atoms with Gasteiger partial charge >= 0.3 is 0 Å². The van der Waals surface area contributed by atoms with Crippen LogP contribution >= 0.6 is 11.3 Å². The monoisotopic (exact) mass is 373 g/mol. The molecule has 0 aliphatic carbocycles. The average Bonchev–Trinajstić information content (AvgIpc) is 2.96. The molecule has 3 rings (SSSR count). The molecular formula is C19H20FN3O2S. The minimum absolute atomic E-state index is 0.110. The first-order valence-electron chi connectivity index (χ1n) is 8.57. The van der Waals surface area contributed by atoms with E-state index in [4.69, 9.17) is 0 Å². The Morgan fingerprint density at radius 2 is 2.08 bits per heavy atom. The van der Waals surface area contributed by atoms with E-state index in [1.54, 1.807) is 23.6 Å². The van der Waals surface area contributed by atoms with Gasteiger partial charge in [-0.3, -0.25) is 14.2 Å². The molecule has 1 aromatic carbocycles. The van der Waals surface area contributed by atoms with Gasteiger partial charge in [0.1, 0.15) is 10.6 Å². The third-order valence-corrected chi connectivity index (χ3v) is 5.45. The number of anilines is 1. The Labute approximate surface area is 154 Å². The third kappa shape index (κ3) is 3.53. The van der Waals surface area contributed by atoms with Crippen LogP contribution in [0.4, 0.5) is 10.1 Å². The highest BCUT2D eigenvalue weighted by Crippen LogP contribution is 2.28. The number of amides is 1. The molecule has 0 saturated carbocycles. The zero-order chi connectivity index (χ0) is 18.7. The Kier molecular flexibility index (Phi) is 5.46. The Morgan fingerprint density at radius 3 is 2.81 bits per heavy atom. The molecule has 0 spiro atoms. The van der Waals surface area contributed by atoms with Crippen molar-refractivity contribution in [2.45, 2.75) is 39.7 Å². The summed E-state index contributed by atoms with van der Waals surface area (Å²) in [7, 11) is 0. The summed E-state index contributed by atoms with van der Waals surface area (Å²) in [6.07, 6.45) is 4.56. The van der Waals surface area contributed by atoms with Gasteiger partial charge < -0.3 is 5.32 Å². The van der Waals surface area contributed by atoms with E-state index in [0.717, 1.165) is 30.6 Å². The molecule has 26 heavy (non-hydrogen) atoms. The first-order valence-corrected chi connectivity index (χ1v) is 9.39. The van der Waals surface area contributed by atoms with Crippen LogP contribution in [0.25, 0.3) is 10.2 Å². The van der Waals surface area contributed by atoms with Crippen molar-refractivity contribution < 1.29 is 9.18 Å². The molecule has 0 saturated heterocycles. The van der Waals surface area contributed by atoms with Crippen molar-refractivity contribution in [1.82, 2.24) is 9.55 Å². The van der Waals surface area contributed by atoms with Crippen LogP contribution in [0, 0.1) is 12.7 Å². The molecule has 2 aromatic heterocycles. The smallest absolute Gasteiger partial charge is 0.266 e. The van der Waals surface area contributed by atoms with E-state index in [-0.39, 0.29) is 11.2 Å². The number of benzene rings is 1. The maximum Gasteiger partial charge on any atom is 0.266 e. The maximum absolute atomic E-state index is 13.8. The van der Waals surface area contributed by atoms with Crippen LogP contribution in [0.3, 0.4) is 0 Å². The molecule has 1 amide bonds. The number of carbonyl (C=O) groups excluding carboxylic acids is 1. The molecule has 5 nitrogen and oxygen atoms in total. The Bertz CT molecular complexity index is 1010. The molecule has 0 aliphatic heterocycles. The highest BCUT2D eigenvalue weighted by molar-refractivity contribution is 7.20. The average molecular weight is 373 g/mol. The third-order valence-electron chi connectivity index (χ3n) is 4.25. The standard InChI is InChI=1S/C19H20FN3O2S/c1-3-4-7-10-23-11-21-18-15(19(23)25)12(2)16(26-18)17(24)22-14-9-6-5-8-13(14)20/h5-6,8-9,11H,3-4,7,10H2,1-2H3,(H,22,24). The van der Waals surface area contributed by atoms with Crippen LogP contribution in [0.15, 0.2) is 35.4 Å². The number of halogens is 1. The lowest BCUT2D eigenvalue weighted by molar-refractivity contribution is 0.102. The van der Waals surface area contributed by atoms with E-state index in [9.17, 15) is 14.0 Å². The number of aryl methyl sites for hydroxylation is 2. The number of rotatable bonds is 6. The van der Waals surface area contributed by atoms with Gasteiger partial charge in [0, 0.05) is 6.54 Å². The number of fused-ring (bicyclic) bond motifs is 1. The van der Waals surface area contributed by atoms with E-state index < -0.39 is 11.7 Å². The normalized spacial score (nSPS) is 11.0. The summed E-state index contributed by atoms with van der Waals surface area (Å²) in [5.41, 5.74) is 0.560. The summed E-state index contributed by atoms with van der Waals surface area (Å²) >= 11 is 1.15. The van der Waals surface area contributed by atoms with Crippen LogP contribution in [0.1, 0.15) is 41.4 Å². The number of thiophene rings is 1. The summed E-state index contributed by atoms with van der Waals surface area (Å²) in [5.74, 6) is -0.941. The number of carbonyl (C=O) groups is 1. The topological polar surface area (TPSA) is 64.0 Å². The summed E-state index contributed by atoms with van der Waals surface area (Å²) in [4.78, 5) is 30.5. The van der Waals surface area contributed by atoms with Crippen LogP contribution in [-0.2, 0) is 6.54 Å². The number of nitrogens with zero attached hydrogens (tertiary/aromatic N) is 2. The maximum atomic E-state index is 13.8. The molecule has 1 N–H and O–H groups in total. The molecule has 0 aliphatic rings. The molecule has 0 atom stereocenters. The number of hydrogen-bond donors (Lipinski definition) is 1. The van der Waals surface area contributed by atoms with Crippen molar-refractivity contribution >= 4 is 33.1 Å². The predicted octanol–water partition coefficient (Wildman–Crippen LogP) is 4.35. The first kappa shape index (κ1) is 18.3. The van der Waals surface area contributed by atoms with Gasteiger partial charge in [0.05, 0.1) is 22.3 Å². The molecule has 7 heteroatoms. The number of para-hydroxylation sites is 1. The number of aromatic nitrogens is 2. The fraction of sp³-hybridized carbons (Fsp3) is 0.316. The van der Waals surface area contributed by atoms with Crippen molar-refractivity contribution in [3.8, 4) is 0 Å². The SMILES string of the molecule is CCCCCn1cnc2sc(C(=O)Nc3ccccc3F)c(C)c2c1=O. The van der Waals surface area contributed by atoms with E-state index in [1.807, 2.05) is 0 Å². The lowest BCUT2D eigenvalue weighted by Crippen LogP contribution is -2.20. The van der Waals surface area contributed by atoms with Crippen molar-refractivity contribution in [2.24, 2.45) is 0 Å². The number of hydrogen-bond acceptors (Lipinski definition) is 4. The fourth-order valence-corrected chi connectivity index (χ4v) is 3.84. The minimum Gasteiger partial charge on any atom is -0.319 e. The van der Waals surface area contributed by atoms with E-state index >= 15 is 0 Å². The largest absolute Gasteiger partial charge is 0.319 e. The van der Waals surface area contributed by atoms with Crippen LogP contribution in [0.5, 0.6) is 0 Å². The molecule has 2 heterocycles. The van der Waals surface area contributed by atoms with Gasteiger partial charge in [0.25, 0.3) is 11.5 Å². The molecule has 0 fully saturated rings. The van der Waals surface area contributed by atoms with E-state index in [2.05, 4.69) is 17.2 Å².